The zero-order valence-electron chi connectivity index (χ0n) is 16.4. The number of rotatable bonds is 7. The molecule has 1 aromatic heterocycles. The quantitative estimate of drug-likeness (QED) is 0.573. The van der Waals surface area contributed by atoms with Gasteiger partial charge in [-0.05, 0) is 35.9 Å². The Hall–Kier alpha value is -3.53. The summed E-state index contributed by atoms with van der Waals surface area (Å²) in [5.41, 5.74) is 1.06. The molecule has 0 saturated carbocycles. The molecule has 0 saturated heterocycles. The summed E-state index contributed by atoms with van der Waals surface area (Å²) in [5.74, 6) is -1.48. The Bertz CT molecular complexity index is 1070. The zero-order chi connectivity index (χ0) is 22.4. The number of aromatic nitrogens is 2. The van der Waals surface area contributed by atoms with Gasteiger partial charge in [-0.3, -0.25) is 4.79 Å². The van der Waals surface area contributed by atoms with Crippen molar-refractivity contribution in [3.8, 4) is 0 Å². The highest BCUT2D eigenvalue weighted by Gasteiger charge is 2.16. The lowest BCUT2D eigenvalue weighted by molar-refractivity contribution is 0.0907. The van der Waals surface area contributed by atoms with Gasteiger partial charge in [-0.1, -0.05) is 28.9 Å². The highest BCUT2D eigenvalue weighted by Crippen LogP contribution is 2.19. The van der Waals surface area contributed by atoms with Crippen LogP contribution in [0.25, 0.3) is 0 Å². The molecule has 0 spiro atoms. The molecule has 0 aliphatic heterocycles. The summed E-state index contributed by atoms with van der Waals surface area (Å²) < 4.78 is 31.0. The highest BCUT2D eigenvalue weighted by molar-refractivity contribution is 6.31. The summed E-state index contributed by atoms with van der Waals surface area (Å²) in [5, 5.41) is 8.81. The Balaban J connectivity index is 1.47. The molecule has 31 heavy (non-hydrogen) atoms. The first-order chi connectivity index (χ1) is 14.8. The number of nitrogens with zero attached hydrogens (tertiary/aromatic N) is 3. The lowest BCUT2D eigenvalue weighted by atomic mass is 10.2. The number of nitrogens with one attached hydrogen (secondary N) is 2. The summed E-state index contributed by atoms with van der Waals surface area (Å²) >= 11 is 5.69. The van der Waals surface area contributed by atoms with Gasteiger partial charge in [-0.25, -0.2) is 13.6 Å². The van der Waals surface area contributed by atoms with Crippen molar-refractivity contribution >= 4 is 29.2 Å². The Morgan fingerprint density at radius 2 is 1.90 bits per heavy atom. The number of benzene rings is 2. The Labute approximate surface area is 181 Å². The van der Waals surface area contributed by atoms with E-state index in [1.165, 1.54) is 29.2 Å². The molecule has 0 aliphatic rings. The molecule has 3 aromatic rings. The van der Waals surface area contributed by atoms with E-state index in [4.69, 9.17) is 16.1 Å². The third-order valence-corrected chi connectivity index (χ3v) is 4.51. The number of carbonyl (C=O) groups is 2. The van der Waals surface area contributed by atoms with Gasteiger partial charge >= 0.3 is 17.8 Å². The van der Waals surface area contributed by atoms with E-state index in [-0.39, 0.29) is 42.1 Å². The van der Waals surface area contributed by atoms with E-state index in [9.17, 15) is 18.4 Å². The molecule has 162 valence electrons. The van der Waals surface area contributed by atoms with Gasteiger partial charge < -0.3 is 20.1 Å². The molecule has 2 aromatic carbocycles. The van der Waals surface area contributed by atoms with Crippen LogP contribution in [0.2, 0.25) is 5.02 Å². The van der Waals surface area contributed by atoms with E-state index < -0.39 is 17.8 Å². The van der Waals surface area contributed by atoms with Gasteiger partial charge in [0, 0.05) is 32.2 Å². The fourth-order valence-corrected chi connectivity index (χ4v) is 2.65. The van der Waals surface area contributed by atoms with Crippen molar-refractivity contribution in [1.82, 2.24) is 20.4 Å². The largest absolute Gasteiger partial charge is 0.344 e. The summed E-state index contributed by atoms with van der Waals surface area (Å²) in [6.45, 7) is 0.407. The number of halogens is 3. The van der Waals surface area contributed by atoms with Gasteiger partial charge in [0.05, 0.1) is 5.02 Å². The molecular weight excluding hydrogens is 432 g/mol. The number of carbonyl (C=O) groups excluding carboxylic acids is 2. The molecule has 0 unspecified atom stereocenters. The van der Waals surface area contributed by atoms with Crippen molar-refractivity contribution in [1.29, 1.82) is 0 Å². The van der Waals surface area contributed by atoms with Crippen LogP contribution < -0.4 is 10.6 Å². The smallest absolute Gasteiger partial charge is 0.321 e. The molecule has 0 radical (unpaired) electrons. The number of hydrogen-bond acceptors (Lipinski definition) is 5. The minimum atomic E-state index is -0.581. The Kier molecular flexibility index (Phi) is 7.14. The molecule has 0 atom stereocenters. The predicted octanol–water partition coefficient (Wildman–Crippen LogP) is 3.64. The maximum atomic E-state index is 13.2. The third-order valence-electron chi connectivity index (χ3n) is 4.22. The van der Waals surface area contributed by atoms with Gasteiger partial charge in [0.1, 0.15) is 11.6 Å². The Morgan fingerprint density at radius 1 is 1.16 bits per heavy atom. The van der Waals surface area contributed by atoms with Gasteiger partial charge in [0.2, 0.25) is 0 Å². The molecule has 3 rings (SSSR count). The number of anilines is 1. The fraction of sp³-hybridized carbons (Fsp3) is 0.200. The van der Waals surface area contributed by atoms with Crippen LogP contribution in [-0.2, 0) is 13.0 Å². The second-order valence-electron chi connectivity index (χ2n) is 6.56. The molecule has 8 nitrogen and oxygen atoms in total. The van der Waals surface area contributed by atoms with Crippen LogP contribution in [-0.4, -0.2) is 40.6 Å². The van der Waals surface area contributed by atoms with Crippen LogP contribution in [0.3, 0.4) is 0 Å². The monoisotopic (exact) mass is 449 g/mol. The second kappa shape index (κ2) is 9.98. The van der Waals surface area contributed by atoms with E-state index >= 15 is 0 Å². The van der Waals surface area contributed by atoms with Gasteiger partial charge in [-0.15, -0.1) is 0 Å². The third kappa shape index (κ3) is 6.22. The summed E-state index contributed by atoms with van der Waals surface area (Å²) in [6, 6.07) is 9.10. The van der Waals surface area contributed by atoms with E-state index in [2.05, 4.69) is 20.8 Å². The van der Waals surface area contributed by atoms with Crippen LogP contribution in [0.5, 0.6) is 0 Å². The van der Waals surface area contributed by atoms with Crippen LogP contribution >= 0.6 is 11.6 Å². The molecule has 3 amide bonds. The SMILES string of the molecule is CN(CCc1noc(C(=O)NCc2ccc(F)cc2)n1)C(=O)Nc1ccc(F)c(Cl)c1. The van der Waals surface area contributed by atoms with E-state index in [1.54, 1.807) is 19.2 Å². The van der Waals surface area contributed by atoms with Crippen molar-refractivity contribution in [2.24, 2.45) is 0 Å². The topological polar surface area (TPSA) is 100 Å². The number of hydrogen-bond donors (Lipinski definition) is 2. The highest BCUT2D eigenvalue weighted by atomic mass is 35.5. The maximum Gasteiger partial charge on any atom is 0.321 e. The molecule has 0 bridgehead atoms. The van der Waals surface area contributed by atoms with Crippen molar-refractivity contribution < 1.29 is 22.9 Å². The van der Waals surface area contributed by atoms with E-state index in [0.717, 1.165) is 6.07 Å². The first kappa shape index (κ1) is 22.2. The van der Waals surface area contributed by atoms with Gasteiger partial charge in [-0.2, -0.15) is 4.98 Å². The van der Waals surface area contributed by atoms with Crippen LogP contribution in [0.4, 0.5) is 19.3 Å². The average molecular weight is 450 g/mol. The summed E-state index contributed by atoms with van der Waals surface area (Å²) in [6.07, 6.45) is 0.239. The van der Waals surface area contributed by atoms with Gasteiger partial charge in [0.25, 0.3) is 0 Å². The number of amides is 3. The van der Waals surface area contributed by atoms with Crippen LogP contribution in [0, 0.1) is 11.6 Å². The molecule has 1 heterocycles. The first-order valence-corrected chi connectivity index (χ1v) is 9.52. The van der Waals surface area contributed by atoms with Crippen molar-refractivity contribution in [3.63, 3.8) is 0 Å². The van der Waals surface area contributed by atoms with Crippen LogP contribution in [0.1, 0.15) is 22.1 Å². The average Bonchev–Trinajstić information content (AvgIpc) is 3.23. The molecule has 2 N–H and O–H groups in total. The van der Waals surface area contributed by atoms with E-state index in [0.29, 0.717) is 11.3 Å². The van der Waals surface area contributed by atoms with Gasteiger partial charge in [0.15, 0.2) is 5.82 Å². The van der Waals surface area contributed by atoms with Crippen molar-refractivity contribution in [2.45, 2.75) is 13.0 Å². The minimum absolute atomic E-state index is 0.0996. The zero-order valence-corrected chi connectivity index (χ0v) is 17.1. The molecule has 0 fully saturated rings. The lowest BCUT2D eigenvalue weighted by Gasteiger charge is -2.17. The van der Waals surface area contributed by atoms with E-state index in [1.807, 2.05) is 0 Å². The van der Waals surface area contributed by atoms with Crippen molar-refractivity contribution in [3.05, 3.63) is 76.4 Å². The normalized spacial score (nSPS) is 10.6. The molecule has 0 aliphatic carbocycles. The lowest BCUT2D eigenvalue weighted by Crippen LogP contribution is -2.33. The fourth-order valence-electron chi connectivity index (χ4n) is 2.47. The van der Waals surface area contributed by atoms with Crippen molar-refractivity contribution in [2.75, 3.05) is 18.9 Å². The summed E-state index contributed by atoms with van der Waals surface area (Å²) in [4.78, 5) is 29.7. The number of likely N-dealkylation sites (N-methyl/N-ethyl adjacent to an activating group) is 1. The minimum Gasteiger partial charge on any atom is -0.344 e. The first-order valence-electron chi connectivity index (χ1n) is 9.14. The van der Waals surface area contributed by atoms with Crippen LogP contribution in [0.15, 0.2) is 47.0 Å². The Morgan fingerprint density at radius 3 is 2.61 bits per heavy atom. The molecular formula is C20H18ClF2N5O3. The molecule has 11 heteroatoms. The second-order valence-corrected chi connectivity index (χ2v) is 6.96. The predicted molar refractivity (Wildman–Crippen MR) is 109 cm³/mol. The summed E-state index contributed by atoms with van der Waals surface area (Å²) in [7, 11) is 1.55. The standard InChI is InChI=1S/C20H18ClF2N5O3/c1-28(20(30)25-14-6-7-16(23)15(21)10-14)9-8-17-26-19(31-27-17)18(29)24-11-12-2-4-13(22)5-3-12/h2-7,10H,8-9,11H2,1H3,(H,24,29)(H,25,30). The maximum absolute atomic E-state index is 13.2. The number of urea groups is 1.